The Bertz CT molecular complexity index is 884. The molecule has 2 rings (SSSR count). The van der Waals surface area contributed by atoms with Gasteiger partial charge in [-0.05, 0) is 54.8 Å². The number of carbonyl (C=O) groups is 3. The molecule has 2 aromatic rings. The van der Waals surface area contributed by atoms with E-state index in [2.05, 4.69) is 16.2 Å². The highest BCUT2D eigenvalue weighted by atomic mass is 35.5. The van der Waals surface area contributed by atoms with Crippen LogP contribution in [0.25, 0.3) is 0 Å². The van der Waals surface area contributed by atoms with E-state index in [1.54, 1.807) is 30.3 Å². The second kappa shape index (κ2) is 10.5. The van der Waals surface area contributed by atoms with Gasteiger partial charge in [-0.2, -0.15) is 0 Å². The smallest absolute Gasteiger partial charge is 0.276 e. The van der Waals surface area contributed by atoms with Crippen molar-refractivity contribution in [1.82, 2.24) is 16.2 Å². The van der Waals surface area contributed by atoms with Gasteiger partial charge in [0, 0.05) is 11.9 Å². The van der Waals surface area contributed by atoms with Crippen LogP contribution in [0.15, 0.2) is 42.5 Å². The number of benzene rings is 2. The summed E-state index contributed by atoms with van der Waals surface area (Å²) in [6, 6.07) is 11.8. The molecule has 154 valence electrons. The summed E-state index contributed by atoms with van der Waals surface area (Å²) < 4.78 is 5.42. The van der Waals surface area contributed by atoms with Gasteiger partial charge in [0.05, 0.1) is 12.5 Å². The third-order valence-electron chi connectivity index (χ3n) is 4.23. The SMILES string of the molecule is CC(=O)N[C@@H](CC(=O)NNC(=O)COc1ccc(C)c(C)c1)c1ccc(Cl)cc1. The largest absolute Gasteiger partial charge is 0.484 e. The number of ether oxygens (including phenoxy) is 1. The van der Waals surface area contributed by atoms with Gasteiger partial charge in [0.2, 0.25) is 11.8 Å². The third kappa shape index (κ3) is 7.46. The van der Waals surface area contributed by atoms with Crippen LogP contribution in [0.2, 0.25) is 5.02 Å². The van der Waals surface area contributed by atoms with Crippen molar-refractivity contribution in [2.45, 2.75) is 33.2 Å². The summed E-state index contributed by atoms with van der Waals surface area (Å²) in [6.07, 6.45) is -0.0560. The number of hydrogen-bond acceptors (Lipinski definition) is 4. The first-order valence-electron chi connectivity index (χ1n) is 9.05. The van der Waals surface area contributed by atoms with Gasteiger partial charge in [0.15, 0.2) is 6.61 Å². The topological polar surface area (TPSA) is 96.5 Å². The first-order valence-corrected chi connectivity index (χ1v) is 9.42. The number of rotatable bonds is 7. The Balaban J connectivity index is 1.84. The zero-order valence-corrected chi connectivity index (χ0v) is 17.3. The molecule has 3 N–H and O–H groups in total. The van der Waals surface area contributed by atoms with Gasteiger partial charge in [-0.15, -0.1) is 0 Å². The molecule has 0 heterocycles. The Morgan fingerprint density at radius 3 is 2.24 bits per heavy atom. The maximum atomic E-state index is 12.2. The van der Waals surface area contributed by atoms with Gasteiger partial charge < -0.3 is 10.1 Å². The van der Waals surface area contributed by atoms with Gasteiger partial charge in [0.25, 0.3) is 5.91 Å². The predicted octanol–water partition coefficient (Wildman–Crippen LogP) is 2.75. The Hall–Kier alpha value is -3.06. The van der Waals surface area contributed by atoms with E-state index in [0.29, 0.717) is 10.8 Å². The molecule has 29 heavy (non-hydrogen) atoms. The second-order valence-electron chi connectivity index (χ2n) is 6.64. The minimum absolute atomic E-state index is 0.0560. The molecule has 7 nitrogen and oxygen atoms in total. The molecule has 0 radical (unpaired) electrons. The van der Waals surface area contributed by atoms with E-state index in [1.807, 2.05) is 26.0 Å². The van der Waals surface area contributed by atoms with Crippen molar-refractivity contribution in [3.05, 3.63) is 64.2 Å². The van der Waals surface area contributed by atoms with E-state index in [1.165, 1.54) is 6.92 Å². The molecule has 0 spiro atoms. The Labute approximate surface area is 174 Å². The van der Waals surface area contributed by atoms with Crippen LogP contribution < -0.4 is 20.9 Å². The highest BCUT2D eigenvalue weighted by Crippen LogP contribution is 2.19. The first-order chi connectivity index (χ1) is 13.7. The highest BCUT2D eigenvalue weighted by Gasteiger charge is 2.17. The van der Waals surface area contributed by atoms with Crippen molar-refractivity contribution in [1.29, 1.82) is 0 Å². The molecule has 1 atom stereocenters. The fourth-order valence-corrected chi connectivity index (χ4v) is 2.68. The van der Waals surface area contributed by atoms with E-state index in [9.17, 15) is 14.4 Å². The minimum Gasteiger partial charge on any atom is -0.484 e. The van der Waals surface area contributed by atoms with Crippen LogP contribution in [0.4, 0.5) is 0 Å². The number of hydrogen-bond donors (Lipinski definition) is 3. The van der Waals surface area contributed by atoms with Gasteiger partial charge in [-0.3, -0.25) is 25.2 Å². The molecule has 0 saturated carbocycles. The minimum atomic E-state index is -0.548. The lowest BCUT2D eigenvalue weighted by Gasteiger charge is -2.18. The number of nitrogens with one attached hydrogen (secondary N) is 3. The van der Waals surface area contributed by atoms with Crippen molar-refractivity contribution in [3.63, 3.8) is 0 Å². The van der Waals surface area contributed by atoms with Crippen LogP contribution >= 0.6 is 11.6 Å². The summed E-state index contributed by atoms with van der Waals surface area (Å²) in [6.45, 7) is 5.07. The fraction of sp³-hybridized carbons (Fsp3) is 0.286. The standard InChI is InChI=1S/C21H24ClN3O4/c1-13-4-9-18(10-14(13)2)29-12-21(28)25-24-20(27)11-19(23-15(3)26)16-5-7-17(22)8-6-16/h4-10,19H,11-12H2,1-3H3,(H,23,26)(H,24,27)(H,25,28)/t19-/m0/s1. The quantitative estimate of drug-likeness (QED) is 0.603. The van der Waals surface area contributed by atoms with E-state index in [4.69, 9.17) is 16.3 Å². The predicted molar refractivity (Wildman–Crippen MR) is 110 cm³/mol. The monoisotopic (exact) mass is 417 g/mol. The van der Waals surface area contributed by atoms with Crippen molar-refractivity contribution in [2.75, 3.05) is 6.61 Å². The number of halogens is 1. The van der Waals surface area contributed by atoms with Crippen molar-refractivity contribution in [2.24, 2.45) is 0 Å². The van der Waals surface area contributed by atoms with Gasteiger partial charge in [-0.25, -0.2) is 0 Å². The number of amides is 3. The molecule has 0 aliphatic heterocycles. The van der Waals surface area contributed by atoms with Gasteiger partial charge in [0.1, 0.15) is 5.75 Å². The third-order valence-corrected chi connectivity index (χ3v) is 4.48. The van der Waals surface area contributed by atoms with Crippen molar-refractivity contribution >= 4 is 29.3 Å². The summed E-state index contributed by atoms with van der Waals surface area (Å²) in [4.78, 5) is 35.6. The van der Waals surface area contributed by atoms with Crippen LogP contribution in [0.1, 0.15) is 36.1 Å². The van der Waals surface area contributed by atoms with Gasteiger partial charge in [-0.1, -0.05) is 29.8 Å². The molecule has 0 aromatic heterocycles. The highest BCUT2D eigenvalue weighted by molar-refractivity contribution is 6.30. The lowest BCUT2D eigenvalue weighted by Crippen LogP contribution is -2.45. The lowest BCUT2D eigenvalue weighted by atomic mass is 10.0. The summed E-state index contributed by atoms with van der Waals surface area (Å²) in [5.74, 6) is -0.663. The summed E-state index contributed by atoms with van der Waals surface area (Å²) >= 11 is 5.88. The van der Waals surface area contributed by atoms with Crippen LogP contribution in [0, 0.1) is 13.8 Å². The average Bonchev–Trinajstić information content (AvgIpc) is 2.67. The van der Waals surface area contributed by atoms with Crippen molar-refractivity contribution in [3.8, 4) is 5.75 Å². The summed E-state index contributed by atoms with van der Waals surface area (Å²) in [5.41, 5.74) is 7.54. The van der Waals surface area contributed by atoms with Crippen LogP contribution in [0.3, 0.4) is 0 Å². The Morgan fingerprint density at radius 2 is 1.62 bits per heavy atom. The number of hydrazine groups is 1. The molecule has 2 aromatic carbocycles. The molecule has 0 fully saturated rings. The normalized spacial score (nSPS) is 11.3. The molecule has 0 bridgehead atoms. The molecule has 0 aliphatic carbocycles. The molecular formula is C21H24ClN3O4. The maximum absolute atomic E-state index is 12.2. The number of aryl methyl sites for hydroxylation is 2. The average molecular weight is 418 g/mol. The first kappa shape index (κ1) is 22.2. The second-order valence-corrected chi connectivity index (χ2v) is 7.08. The molecular weight excluding hydrogens is 394 g/mol. The maximum Gasteiger partial charge on any atom is 0.276 e. The fourth-order valence-electron chi connectivity index (χ4n) is 2.56. The van der Waals surface area contributed by atoms with Crippen LogP contribution in [0.5, 0.6) is 5.75 Å². The Kier molecular flexibility index (Phi) is 8.03. The molecule has 0 saturated heterocycles. The van der Waals surface area contributed by atoms with E-state index in [-0.39, 0.29) is 18.9 Å². The zero-order chi connectivity index (χ0) is 21.4. The van der Waals surface area contributed by atoms with E-state index in [0.717, 1.165) is 16.7 Å². The molecule has 3 amide bonds. The van der Waals surface area contributed by atoms with Crippen molar-refractivity contribution < 1.29 is 19.1 Å². The molecule has 0 aliphatic rings. The van der Waals surface area contributed by atoms with Crippen LogP contribution in [-0.2, 0) is 14.4 Å². The van der Waals surface area contributed by atoms with Crippen LogP contribution in [-0.4, -0.2) is 24.3 Å². The Morgan fingerprint density at radius 1 is 0.966 bits per heavy atom. The van der Waals surface area contributed by atoms with E-state index >= 15 is 0 Å². The molecule has 0 unspecified atom stereocenters. The summed E-state index contributed by atoms with van der Waals surface area (Å²) in [7, 11) is 0. The lowest BCUT2D eigenvalue weighted by molar-refractivity contribution is -0.130. The van der Waals surface area contributed by atoms with E-state index < -0.39 is 17.9 Å². The molecule has 8 heteroatoms. The number of carbonyl (C=O) groups excluding carboxylic acids is 3. The van der Waals surface area contributed by atoms with Gasteiger partial charge >= 0.3 is 0 Å². The summed E-state index contributed by atoms with van der Waals surface area (Å²) in [5, 5.41) is 3.26. The zero-order valence-electron chi connectivity index (χ0n) is 16.5.